The van der Waals surface area contributed by atoms with Crippen molar-refractivity contribution in [3.63, 3.8) is 0 Å². The SMILES string of the molecule is CC(=O)OCCN1CCN(CC/C=C2/c3ccccc3SC3C=CC(Cl)=CC23)CC1.CN1CCN(CC/C=C2/c3ccccc3SC3C=CC(S(=O)(=O)N(C)C)=CC23)CC1.OCCN1CCN(CC/C=C2/c3ccccc3SC3C=CC(C(F)(F)F)=CC23)CC1.OCCN1CCN(CC/C=C2/c3ccccc3SC3C=CC(Cl)=CC23)CC1.OCCN1CCN(CC/C=C2/c3ccccc3SC3C=CC=CC23)CC1. The average molecular weight is 2100 g/mol. The number of carbonyl (C=O) groups excluding carboxylic acids is 1. The molecule has 5 fully saturated rings. The molecule has 0 radical (unpaired) electrons. The first-order chi connectivity index (χ1) is 69.5. The second-order valence-corrected chi connectivity index (χ2v) is 48.1. The maximum Gasteiger partial charge on any atom is 0.416 e. The molecule has 5 aliphatic carbocycles. The maximum atomic E-state index is 13.3. The van der Waals surface area contributed by atoms with Crippen molar-refractivity contribution >= 4 is 126 Å². The van der Waals surface area contributed by atoms with Crippen LogP contribution in [0.3, 0.4) is 0 Å². The second-order valence-electron chi connectivity index (χ2n) is 38.9. The number of piperazine rings is 5. The summed E-state index contributed by atoms with van der Waals surface area (Å²) in [6.45, 7) is 32.3. The second kappa shape index (κ2) is 53.6. The van der Waals surface area contributed by atoms with Crippen molar-refractivity contribution in [2.24, 2.45) is 29.6 Å². The minimum Gasteiger partial charge on any atom is -0.465 e. The zero-order valence-electron chi connectivity index (χ0n) is 83.0. The van der Waals surface area contributed by atoms with Gasteiger partial charge in [-0.2, -0.15) is 13.2 Å². The highest BCUT2D eigenvalue weighted by atomic mass is 35.5. The van der Waals surface area contributed by atoms with Gasteiger partial charge < -0.3 is 49.5 Å². The normalized spacial score (nSPS) is 26.6. The molecule has 0 amide bonds. The third-order valence-corrected chi connectivity index (χ3v) is 38.4. The number of hydrogen-bond donors (Lipinski definition) is 3. The fourth-order valence-electron chi connectivity index (χ4n) is 21.3. The molecular formula is C114H142Cl2F3N11O7S6. The third-order valence-electron chi connectivity index (χ3n) is 29.4. The minimum atomic E-state index is -4.32. The monoisotopic (exact) mass is 2100 g/mol. The Bertz CT molecular complexity index is 5740. The lowest BCUT2D eigenvalue weighted by Gasteiger charge is -2.35. The van der Waals surface area contributed by atoms with Crippen LogP contribution in [-0.4, -0.2) is 353 Å². The largest absolute Gasteiger partial charge is 0.465 e. The van der Waals surface area contributed by atoms with Crippen molar-refractivity contribution in [2.45, 2.75) is 95.9 Å². The fourth-order valence-corrected chi connectivity index (χ4v) is 29.2. The quantitative estimate of drug-likeness (QED) is 0.0449. The molecule has 10 unspecified atom stereocenters. The molecule has 18 nitrogen and oxygen atoms in total. The Kier molecular flexibility index (Phi) is 40.8. The summed E-state index contributed by atoms with van der Waals surface area (Å²) in [7, 11) is 1.93. The maximum absolute atomic E-state index is 13.3. The van der Waals surface area contributed by atoms with Gasteiger partial charge in [0.2, 0.25) is 10.0 Å². The van der Waals surface area contributed by atoms with Gasteiger partial charge in [0.1, 0.15) is 6.61 Å². The molecule has 10 atom stereocenters. The van der Waals surface area contributed by atoms with Crippen LogP contribution in [-0.2, 0) is 19.6 Å². The number of allylic oxidation sites excluding steroid dienone is 19. The molecule has 29 heteroatoms. The minimum absolute atomic E-state index is 0.000670. The third kappa shape index (κ3) is 29.7. The lowest BCUT2D eigenvalue weighted by atomic mass is 9.84. The number of benzene rings is 5. The molecule has 143 heavy (non-hydrogen) atoms. The first-order valence-corrected chi connectivity index (χ1v) is 57.8. The number of aliphatic hydroxyl groups excluding tert-OH is 3. The highest BCUT2D eigenvalue weighted by molar-refractivity contribution is 8.01. The van der Waals surface area contributed by atoms with Gasteiger partial charge in [-0.25, -0.2) is 12.7 Å². The molecule has 0 aromatic heterocycles. The van der Waals surface area contributed by atoms with Crippen LogP contribution in [0, 0.1) is 29.6 Å². The summed E-state index contributed by atoms with van der Waals surface area (Å²) in [5.41, 5.74) is 12.5. The van der Waals surface area contributed by atoms with E-state index in [1.54, 1.807) is 38.0 Å². The van der Waals surface area contributed by atoms with Crippen LogP contribution in [0.5, 0.6) is 0 Å². The van der Waals surface area contributed by atoms with Crippen molar-refractivity contribution in [1.29, 1.82) is 0 Å². The Balaban J connectivity index is 0.000000128. The number of carbonyl (C=O) groups is 1. The molecule has 3 N–H and O–H groups in total. The molecule has 10 aliphatic heterocycles. The van der Waals surface area contributed by atoms with Gasteiger partial charge >= 0.3 is 12.1 Å². The van der Waals surface area contributed by atoms with E-state index in [2.05, 4.69) is 244 Å². The number of halogens is 5. The zero-order chi connectivity index (χ0) is 99.8. The number of esters is 1. The Morgan fingerprint density at radius 2 is 0.650 bits per heavy atom. The number of likely N-dealkylation sites (N-methyl/N-ethyl adjacent to an activating group) is 1. The number of fused-ring (bicyclic) bond motifs is 10. The number of nitrogens with zero attached hydrogens (tertiary/aromatic N) is 11. The molecule has 15 aliphatic rings. The Labute approximate surface area is 878 Å². The number of aliphatic hydroxyl groups is 3. The molecule has 766 valence electrons. The Morgan fingerprint density at radius 3 is 0.972 bits per heavy atom. The van der Waals surface area contributed by atoms with E-state index >= 15 is 0 Å². The van der Waals surface area contributed by atoms with Gasteiger partial charge in [0.25, 0.3) is 0 Å². The van der Waals surface area contributed by atoms with Gasteiger partial charge in [0, 0.05) is 301 Å². The molecule has 0 spiro atoms. The summed E-state index contributed by atoms with van der Waals surface area (Å²) >= 11 is 22.0. The molecule has 5 aromatic carbocycles. The first kappa shape index (κ1) is 109. The lowest BCUT2D eigenvalue weighted by Crippen LogP contribution is -2.47. The van der Waals surface area contributed by atoms with Crippen LogP contribution in [0.2, 0.25) is 0 Å². The van der Waals surface area contributed by atoms with Gasteiger partial charge in [0.05, 0.1) is 30.3 Å². The topological polar surface area (TPSA) is 157 Å². The summed E-state index contributed by atoms with van der Waals surface area (Å²) in [4.78, 5) is 42.1. The molecular weight excluding hydrogens is 1960 g/mol. The summed E-state index contributed by atoms with van der Waals surface area (Å²) in [6.07, 6.45) is 44.8. The highest BCUT2D eigenvalue weighted by Crippen LogP contribution is 2.55. The van der Waals surface area contributed by atoms with Crippen LogP contribution in [0.15, 0.2) is 294 Å². The standard InChI is InChI=1S/C24H29ClN2O2S.C23H27F3N2OS.C23H31N3O2S2.C22H27ClN2OS.C22H28N2OS/c1-18(28)29-16-15-27-13-11-26(12-14-27)10-4-6-20-21-5-2-3-7-23(21)30-24-9-8-19(25)17-22(20)24;24-23(25,26)17-7-8-22-20(16-17)18(19-4-1-2-6-21(19)30-22)5-3-9-27-10-12-28(13-11-27)14-15-29;1-24(2)30(27,28)18-10-11-23-21(17-18)19(20-7-4-5-9-22(20)29-23)8-6-12-26-15-13-25(3)14-16-26;23-17-7-8-22-20(16-17)18(19-4-1-2-6-21(19)27-22)5-3-9-24-10-12-25(13-11-24)14-15-26;25-17-16-24-14-12-23(13-15-24)11-5-8-18-19-6-1-3-9-21(19)26-22-10-4-2-7-20(18)22/h2-3,5-9,17,22,24H,4,10-16H2,1H3;1-2,4-8,16,20,22,29H,3,9-15H2;4-5,7-11,17,21,23H,6,12-16H2,1-3H3;1-2,4-8,16,20,22,26H,3,9-15H2;1-4,6-10,19,21,25H,5,11-17H2/b20-6-;18-5-;19-8-;18-5-;18-8+. The number of thioether (sulfide) groups is 5. The van der Waals surface area contributed by atoms with Crippen molar-refractivity contribution in [3.05, 3.63) is 297 Å². The van der Waals surface area contributed by atoms with E-state index in [9.17, 15) is 26.4 Å². The predicted octanol–water partition coefficient (Wildman–Crippen LogP) is 18.9. The van der Waals surface area contributed by atoms with Gasteiger partial charge in [-0.15, -0.1) is 58.8 Å². The van der Waals surface area contributed by atoms with Crippen LogP contribution in [0.4, 0.5) is 13.2 Å². The summed E-state index contributed by atoms with van der Waals surface area (Å²) in [5.74, 6) is 0.835. The van der Waals surface area contributed by atoms with Gasteiger partial charge in [-0.3, -0.25) is 24.4 Å². The zero-order valence-corrected chi connectivity index (χ0v) is 89.5. The van der Waals surface area contributed by atoms with Crippen molar-refractivity contribution in [1.82, 2.24) is 53.3 Å². The van der Waals surface area contributed by atoms with E-state index in [0.717, 1.165) is 248 Å². The van der Waals surface area contributed by atoms with E-state index in [4.69, 9.17) is 43.3 Å². The van der Waals surface area contributed by atoms with E-state index in [-0.39, 0.29) is 48.1 Å². The molecule has 5 saturated heterocycles. The van der Waals surface area contributed by atoms with Crippen LogP contribution < -0.4 is 0 Å². The van der Waals surface area contributed by atoms with E-state index in [0.29, 0.717) is 45.0 Å². The molecule has 0 bridgehead atoms. The van der Waals surface area contributed by atoms with Crippen molar-refractivity contribution < 1.29 is 46.4 Å². The number of ether oxygens (including phenoxy) is 1. The number of hydrogen-bond acceptors (Lipinski definition) is 22. The number of sulfonamides is 1. The average Bonchev–Trinajstić information content (AvgIpc) is 0.762. The Morgan fingerprint density at radius 1 is 0.378 bits per heavy atom. The molecule has 0 saturated carbocycles. The van der Waals surface area contributed by atoms with E-state index in [1.807, 2.05) is 83.5 Å². The number of alkyl halides is 3. The van der Waals surface area contributed by atoms with Crippen LogP contribution in [0.25, 0.3) is 27.9 Å². The molecule has 20 rings (SSSR count). The summed E-state index contributed by atoms with van der Waals surface area (Å²) < 4.78 is 71.8. The highest BCUT2D eigenvalue weighted by Gasteiger charge is 2.42. The van der Waals surface area contributed by atoms with E-state index in [1.165, 1.54) is 87.5 Å². The summed E-state index contributed by atoms with van der Waals surface area (Å²) in [5, 5.41) is 30.5. The molecule has 10 heterocycles. The predicted molar refractivity (Wildman–Crippen MR) is 592 cm³/mol. The van der Waals surface area contributed by atoms with Gasteiger partial charge in [-0.05, 0) is 143 Å². The van der Waals surface area contributed by atoms with Gasteiger partial charge in [-0.1, -0.05) is 224 Å². The number of β-amino-alcohol motifs (C(OH)–C–C–N with tert-alkyl or cyclic N) is 3. The van der Waals surface area contributed by atoms with E-state index < -0.39 is 21.8 Å². The first-order valence-electron chi connectivity index (χ1n) is 51.2. The number of rotatable bonds is 26. The Hall–Kier alpha value is -6.82. The smallest absolute Gasteiger partial charge is 0.416 e. The van der Waals surface area contributed by atoms with Crippen LogP contribution in [0.1, 0.15) is 66.8 Å². The van der Waals surface area contributed by atoms with Crippen molar-refractivity contribution in [2.75, 3.05) is 237 Å². The van der Waals surface area contributed by atoms with Gasteiger partial charge in [0.15, 0.2) is 0 Å². The van der Waals surface area contributed by atoms with Crippen molar-refractivity contribution in [3.8, 4) is 0 Å². The lowest BCUT2D eigenvalue weighted by molar-refractivity contribution is -0.141. The molecule has 5 aromatic rings. The van der Waals surface area contributed by atoms with Crippen LogP contribution >= 0.6 is 82.0 Å². The fraction of sp³-hybridized carbons (Fsp3) is 0.465. The summed E-state index contributed by atoms with van der Waals surface area (Å²) in [6, 6.07) is 42.9.